The molecule has 0 aliphatic carbocycles. The first-order valence-electron chi connectivity index (χ1n) is 6.85. The number of hydrogen-bond donors (Lipinski definition) is 1. The van der Waals surface area contributed by atoms with E-state index in [1.165, 1.54) is 12.1 Å². The highest BCUT2D eigenvalue weighted by Crippen LogP contribution is 2.06. The summed E-state index contributed by atoms with van der Waals surface area (Å²) in [5, 5.41) is 2.76. The largest absolute Gasteiger partial charge is 0.445 e. The Kier molecular flexibility index (Phi) is 5.32. The molecule has 3 nitrogen and oxygen atoms in total. The van der Waals surface area contributed by atoms with Gasteiger partial charge in [-0.1, -0.05) is 42.5 Å². The van der Waals surface area contributed by atoms with E-state index in [2.05, 4.69) is 5.32 Å². The normalized spacial score (nSPS) is 11.7. The third-order valence-corrected chi connectivity index (χ3v) is 3.03. The first-order valence-corrected chi connectivity index (χ1v) is 6.85. The molecule has 1 N–H and O–H groups in total. The van der Waals surface area contributed by atoms with Crippen molar-refractivity contribution in [1.82, 2.24) is 5.32 Å². The number of alkyl carbamates (subject to hydrolysis) is 1. The van der Waals surface area contributed by atoms with Gasteiger partial charge >= 0.3 is 6.09 Å². The quantitative estimate of drug-likeness (QED) is 0.911. The highest BCUT2D eigenvalue weighted by molar-refractivity contribution is 5.67. The van der Waals surface area contributed by atoms with Crippen LogP contribution in [0, 0.1) is 5.82 Å². The van der Waals surface area contributed by atoms with Crippen LogP contribution in [0.2, 0.25) is 0 Å². The molecule has 1 amide bonds. The van der Waals surface area contributed by atoms with Crippen LogP contribution in [0.15, 0.2) is 54.6 Å². The van der Waals surface area contributed by atoms with Gasteiger partial charge in [-0.15, -0.1) is 0 Å². The molecule has 1 unspecified atom stereocenters. The van der Waals surface area contributed by atoms with Gasteiger partial charge in [-0.05, 0) is 36.6 Å². The van der Waals surface area contributed by atoms with Gasteiger partial charge in [0, 0.05) is 6.04 Å². The van der Waals surface area contributed by atoms with E-state index >= 15 is 0 Å². The summed E-state index contributed by atoms with van der Waals surface area (Å²) in [5.74, 6) is -0.262. The minimum absolute atomic E-state index is 0.0845. The smallest absolute Gasteiger partial charge is 0.407 e. The van der Waals surface area contributed by atoms with Crippen LogP contribution in [0.5, 0.6) is 0 Å². The number of hydrogen-bond acceptors (Lipinski definition) is 2. The summed E-state index contributed by atoms with van der Waals surface area (Å²) in [6, 6.07) is 15.7. The van der Waals surface area contributed by atoms with Gasteiger partial charge in [-0.2, -0.15) is 0 Å². The predicted molar refractivity (Wildman–Crippen MR) is 79.3 cm³/mol. The van der Waals surface area contributed by atoms with Gasteiger partial charge in [0.1, 0.15) is 12.4 Å². The third-order valence-electron chi connectivity index (χ3n) is 3.03. The number of benzene rings is 2. The van der Waals surface area contributed by atoms with E-state index in [1.807, 2.05) is 37.3 Å². The fraction of sp³-hybridized carbons (Fsp3) is 0.235. The van der Waals surface area contributed by atoms with Crippen molar-refractivity contribution in [2.24, 2.45) is 0 Å². The highest BCUT2D eigenvalue weighted by atomic mass is 19.1. The molecule has 0 saturated carbocycles. The Labute approximate surface area is 123 Å². The Morgan fingerprint density at radius 3 is 2.43 bits per heavy atom. The number of carbonyl (C=O) groups excluding carboxylic acids is 1. The van der Waals surface area contributed by atoms with Crippen LogP contribution in [0.3, 0.4) is 0 Å². The van der Waals surface area contributed by atoms with Crippen molar-refractivity contribution in [1.29, 1.82) is 0 Å². The molecule has 110 valence electrons. The fourth-order valence-corrected chi connectivity index (χ4v) is 1.99. The Balaban J connectivity index is 1.75. The molecule has 0 aromatic heterocycles. The lowest BCUT2D eigenvalue weighted by molar-refractivity contribution is 0.136. The van der Waals surface area contributed by atoms with Gasteiger partial charge in [0.15, 0.2) is 0 Å². The van der Waals surface area contributed by atoms with Gasteiger partial charge in [0.05, 0.1) is 0 Å². The number of nitrogens with one attached hydrogen (secondary N) is 1. The van der Waals surface area contributed by atoms with Crippen molar-refractivity contribution >= 4 is 6.09 Å². The van der Waals surface area contributed by atoms with E-state index in [-0.39, 0.29) is 18.5 Å². The van der Waals surface area contributed by atoms with Gasteiger partial charge in [-0.3, -0.25) is 0 Å². The van der Waals surface area contributed by atoms with E-state index in [4.69, 9.17) is 4.74 Å². The molecule has 4 heteroatoms. The van der Waals surface area contributed by atoms with Gasteiger partial charge in [-0.25, -0.2) is 9.18 Å². The second-order valence-electron chi connectivity index (χ2n) is 4.94. The average molecular weight is 287 g/mol. The molecule has 0 spiro atoms. The minimum atomic E-state index is -0.450. The molecule has 1 atom stereocenters. The highest BCUT2D eigenvalue weighted by Gasteiger charge is 2.09. The summed E-state index contributed by atoms with van der Waals surface area (Å²) in [6.45, 7) is 2.13. The predicted octanol–water partition coefficient (Wildman–Crippen LogP) is 3.68. The summed E-state index contributed by atoms with van der Waals surface area (Å²) < 4.78 is 18.0. The SMILES string of the molecule is CC(Cc1ccc(F)cc1)NC(=O)OCc1ccccc1. The number of amides is 1. The van der Waals surface area contributed by atoms with Crippen molar-refractivity contribution < 1.29 is 13.9 Å². The fourth-order valence-electron chi connectivity index (χ4n) is 1.99. The summed E-state index contributed by atoms with van der Waals surface area (Å²) in [4.78, 5) is 11.7. The summed E-state index contributed by atoms with van der Waals surface area (Å²) in [5.41, 5.74) is 1.91. The molecule has 2 aromatic rings. The van der Waals surface area contributed by atoms with Crippen molar-refractivity contribution in [3.05, 3.63) is 71.5 Å². The second-order valence-corrected chi connectivity index (χ2v) is 4.94. The van der Waals surface area contributed by atoms with Gasteiger partial charge < -0.3 is 10.1 Å². The summed E-state index contributed by atoms with van der Waals surface area (Å²) in [6.07, 6.45) is 0.175. The van der Waals surface area contributed by atoms with E-state index < -0.39 is 6.09 Å². The molecular formula is C17H18FNO2. The van der Waals surface area contributed by atoms with E-state index in [1.54, 1.807) is 12.1 Å². The molecule has 0 bridgehead atoms. The first-order chi connectivity index (χ1) is 10.1. The number of halogens is 1. The van der Waals surface area contributed by atoms with Gasteiger partial charge in [0.2, 0.25) is 0 Å². The maximum absolute atomic E-state index is 12.8. The molecular weight excluding hydrogens is 269 g/mol. The van der Waals surface area contributed by atoms with Crippen LogP contribution in [0.1, 0.15) is 18.1 Å². The topological polar surface area (TPSA) is 38.3 Å². The average Bonchev–Trinajstić information content (AvgIpc) is 2.48. The molecule has 0 aliphatic heterocycles. The van der Waals surface area contributed by atoms with Crippen LogP contribution in [-0.2, 0) is 17.8 Å². The maximum atomic E-state index is 12.8. The second kappa shape index (κ2) is 7.43. The summed E-state index contributed by atoms with van der Waals surface area (Å²) >= 11 is 0. The van der Waals surface area contributed by atoms with Crippen LogP contribution < -0.4 is 5.32 Å². The van der Waals surface area contributed by atoms with Crippen LogP contribution in [0.25, 0.3) is 0 Å². The molecule has 0 fully saturated rings. The summed E-state index contributed by atoms with van der Waals surface area (Å²) in [7, 11) is 0. The van der Waals surface area contributed by atoms with Crippen LogP contribution in [0.4, 0.5) is 9.18 Å². The molecule has 21 heavy (non-hydrogen) atoms. The van der Waals surface area contributed by atoms with Crippen molar-refractivity contribution in [3.8, 4) is 0 Å². The number of ether oxygens (including phenoxy) is 1. The Morgan fingerprint density at radius 2 is 1.76 bits per heavy atom. The molecule has 2 rings (SSSR count). The third kappa shape index (κ3) is 5.26. The van der Waals surface area contributed by atoms with Crippen molar-refractivity contribution in [2.45, 2.75) is 26.0 Å². The molecule has 2 aromatic carbocycles. The molecule has 0 saturated heterocycles. The molecule has 0 radical (unpaired) electrons. The number of rotatable bonds is 5. The van der Waals surface area contributed by atoms with Crippen molar-refractivity contribution in [2.75, 3.05) is 0 Å². The lowest BCUT2D eigenvalue weighted by atomic mass is 10.1. The Morgan fingerprint density at radius 1 is 1.10 bits per heavy atom. The van der Waals surface area contributed by atoms with Crippen LogP contribution >= 0.6 is 0 Å². The molecule has 0 heterocycles. The van der Waals surface area contributed by atoms with E-state index in [9.17, 15) is 9.18 Å². The zero-order valence-electron chi connectivity index (χ0n) is 11.9. The van der Waals surface area contributed by atoms with E-state index in [0.29, 0.717) is 6.42 Å². The van der Waals surface area contributed by atoms with E-state index in [0.717, 1.165) is 11.1 Å². The lowest BCUT2D eigenvalue weighted by Crippen LogP contribution is -2.34. The standard InChI is InChI=1S/C17H18FNO2/c1-13(11-14-7-9-16(18)10-8-14)19-17(20)21-12-15-5-3-2-4-6-15/h2-10,13H,11-12H2,1H3,(H,19,20). The zero-order valence-corrected chi connectivity index (χ0v) is 11.9. The van der Waals surface area contributed by atoms with Crippen LogP contribution in [-0.4, -0.2) is 12.1 Å². The lowest BCUT2D eigenvalue weighted by Gasteiger charge is -2.14. The number of carbonyl (C=O) groups is 1. The maximum Gasteiger partial charge on any atom is 0.407 e. The first kappa shape index (κ1) is 15.0. The molecule has 0 aliphatic rings. The van der Waals surface area contributed by atoms with Gasteiger partial charge in [0.25, 0.3) is 0 Å². The van der Waals surface area contributed by atoms with Crippen molar-refractivity contribution in [3.63, 3.8) is 0 Å². The zero-order chi connectivity index (χ0) is 15.1. The Hall–Kier alpha value is -2.36. The Bertz CT molecular complexity index is 569. The monoisotopic (exact) mass is 287 g/mol. The minimum Gasteiger partial charge on any atom is -0.445 e.